The van der Waals surface area contributed by atoms with Gasteiger partial charge in [0.15, 0.2) is 0 Å². The van der Waals surface area contributed by atoms with Crippen LogP contribution in [0.15, 0.2) is 12.4 Å². The Hall–Kier alpha value is -1.49. The number of carboxylic acid groups (broad SMARTS) is 1. The molecule has 0 saturated heterocycles. The fourth-order valence-corrected chi connectivity index (χ4v) is 1.44. The van der Waals surface area contributed by atoms with Gasteiger partial charge in [-0.1, -0.05) is 0 Å². The third-order valence-corrected chi connectivity index (χ3v) is 2.08. The molecule has 0 spiro atoms. The minimum atomic E-state index is -0.853. The first-order chi connectivity index (χ1) is 6.29. The number of nitrogens with zero attached hydrogens (tertiary/aromatic N) is 2. The third-order valence-electron chi connectivity index (χ3n) is 2.08. The Kier molecular flexibility index (Phi) is 1.94. The number of hydrogen-bond acceptors (Lipinski definition) is 4. The van der Waals surface area contributed by atoms with Crippen LogP contribution in [0.1, 0.15) is 17.3 Å². The van der Waals surface area contributed by atoms with Gasteiger partial charge < -0.3 is 10.4 Å². The molecule has 0 bridgehead atoms. The van der Waals surface area contributed by atoms with Crippen molar-refractivity contribution in [2.24, 2.45) is 0 Å². The zero-order valence-electron chi connectivity index (χ0n) is 6.90. The number of hydrogen-bond donors (Lipinski definition) is 2. The van der Waals surface area contributed by atoms with Crippen molar-refractivity contribution in [3.63, 3.8) is 0 Å². The molecule has 0 amide bonds. The molecule has 0 aromatic carbocycles. The summed E-state index contributed by atoms with van der Waals surface area (Å²) in [5.74, 6) is -1.41. The van der Waals surface area contributed by atoms with E-state index in [0.29, 0.717) is 18.8 Å². The Balaban J connectivity index is 2.42. The zero-order chi connectivity index (χ0) is 9.26. The van der Waals surface area contributed by atoms with Crippen LogP contribution in [0.4, 0.5) is 0 Å². The maximum absolute atomic E-state index is 10.8. The summed E-state index contributed by atoms with van der Waals surface area (Å²) >= 11 is 0. The van der Waals surface area contributed by atoms with Crippen molar-refractivity contribution in [1.29, 1.82) is 0 Å². The summed E-state index contributed by atoms with van der Waals surface area (Å²) in [4.78, 5) is 18.9. The van der Waals surface area contributed by atoms with Gasteiger partial charge in [-0.2, -0.15) is 0 Å². The predicted octanol–water partition coefficient (Wildman–Crippen LogP) is -0.252. The van der Waals surface area contributed by atoms with Crippen molar-refractivity contribution in [2.45, 2.75) is 12.5 Å². The van der Waals surface area contributed by atoms with Gasteiger partial charge in [-0.3, -0.25) is 14.8 Å². The average Bonchev–Trinajstić information content (AvgIpc) is 2.17. The Morgan fingerprint density at radius 3 is 3.08 bits per heavy atom. The molecule has 2 N–H and O–H groups in total. The lowest BCUT2D eigenvalue weighted by molar-refractivity contribution is -0.138. The Labute approximate surface area is 74.8 Å². The highest BCUT2D eigenvalue weighted by atomic mass is 16.4. The molecule has 1 unspecified atom stereocenters. The van der Waals surface area contributed by atoms with Gasteiger partial charge in [0.2, 0.25) is 0 Å². The van der Waals surface area contributed by atoms with E-state index in [2.05, 4.69) is 15.3 Å². The Morgan fingerprint density at radius 2 is 2.31 bits per heavy atom. The Bertz CT molecular complexity index is 340. The largest absolute Gasteiger partial charge is 0.481 e. The van der Waals surface area contributed by atoms with Crippen LogP contribution >= 0.6 is 0 Å². The van der Waals surface area contributed by atoms with E-state index in [1.54, 1.807) is 6.20 Å². The lowest BCUT2D eigenvalue weighted by Crippen LogP contribution is -2.34. The van der Waals surface area contributed by atoms with E-state index in [1.807, 2.05) is 0 Å². The number of rotatable bonds is 1. The van der Waals surface area contributed by atoms with Gasteiger partial charge >= 0.3 is 5.97 Å². The van der Waals surface area contributed by atoms with Gasteiger partial charge in [-0.15, -0.1) is 0 Å². The molecule has 0 aliphatic carbocycles. The van der Waals surface area contributed by atoms with Gasteiger partial charge in [0.05, 0.1) is 11.4 Å². The second-order valence-corrected chi connectivity index (χ2v) is 2.91. The van der Waals surface area contributed by atoms with Crippen molar-refractivity contribution < 1.29 is 9.90 Å². The maximum Gasteiger partial charge on any atom is 0.313 e. The standard InChI is InChI=1S/C8H9N3O2/c12-8(13)5-3-9-4-6-7(5)11-2-1-10-6/h1-2,5,9H,3-4H2,(H,12,13). The van der Waals surface area contributed by atoms with Crippen LogP contribution in [0, 0.1) is 0 Å². The lowest BCUT2D eigenvalue weighted by Gasteiger charge is -2.20. The first-order valence-corrected chi connectivity index (χ1v) is 4.02. The number of aromatic nitrogens is 2. The molecule has 2 rings (SSSR count). The molecule has 0 fully saturated rings. The molecule has 13 heavy (non-hydrogen) atoms. The van der Waals surface area contributed by atoms with E-state index >= 15 is 0 Å². The molecule has 1 aromatic heterocycles. The number of carboxylic acids is 1. The molecule has 0 saturated carbocycles. The minimum absolute atomic E-state index is 0.432. The van der Waals surface area contributed by atoms with Crippen LogP contribution in [0.25, 0.3) is 0 Å². The fourth-order valence-electron chi connectivity index (χ4n) is 1.44. The first-order valence-electron chi connectivity index (χ1n) is 4.02. The number of carbonyl (C=O) groups is 1. The number of nitrogens with one attached hydrogen (secondary N) is 1. The summed E-state index contributed by atoms with van der Waals surface area (Å²) in [5.41, 5.74) is 1.33. The molecule has 5 nitrogen and oxygen atoms in total. The van der Waals surface area contributed by atoms with E-state index in [4.69, 9.17) is 5.11 Å². The molecule has 1 aromatic rings. The smallest absolute Gasteiger partial charge is 0.313 e. The quantitative estimate of drug-likeness (QED) is 0.621. The molecule has 1 aliphatic rings. The third kappa shape index (κ3) is 1.38. The van der Waals surface area contributed by atoms with Gasteiger partial charge in [-0.05, 0) is 0 Å². The van der Waals surface area contributed by atoms with Gasteiger partial charge in [0, 0.05) is 25.5 Å². The van der Waals surface area contributed by atoms with E-state index in [1.165, 1.54) is 6.20 Å². The second kappa shape index (κ2) is 3.10. The van der Waals surface area contributed by atoms with Crippen molar-refractivity contribution in [3.05, 3.63) is 23.8 Å². The molecule has 1 aliphatic heterocycles. The summed E-state index contributed by atoms with van der Waals surface area (Å²) < 4.78 is 0. The summed E-state index contributed by atoms with van der Waals surface area (Å²) in [7, 11) is 0. The molecule has 68 valence electrons. The van der Waals surface area contributed by atoms with Crippen molar-refractivity contribution >= 4 is 5.97 Å². The summed E-state index contributed by atoms with van der Waals surface area (Å²) in [6.07, 6.45) is 3.10. The summed E-state index contributed by atoms with van der Waals surface area (Å²) in [6, 6.07) is 0. The summed E-state index contributed by atoms with van der Waals surface area (Å²) in [6.45, 7) is 1.04. The van der Waals surface area contributed by atoms with Crippen molar-refractivity contribution in [1.82, 2.24) is 15.3 Å². The van der Waals surface area contributed by atoms with E-state index in [0.717, 1.165) is 5.69 Å². The monoisotopic (exact) mass is 179 g/mol. The molecule has 1 atom stereocenters. The van der Waals surface area contributed by atoms with Gasteiger partial charge in [0.25, 0.3) is 0 Å². The number of fused-ring (bicyclic) bond motifs is 1. The van der Waals surface area contributed by atoms with E-state index < -0.39 is 11.9 Å². The van der Waals surface area contributed by atoms with Crippen LogP contribution in [0.2, 0.25) is 0 Å². The van der Waals surface area contributed by atoms with Gasteiger partial charge in [-0.25, -0.2) is 0 Å². The van der Waals surface area contributed by atoms with Crippen LogP contribution < -0.4 is 5.32 Å². The lowest BCUT2D eigenvalue weighted by atomic mass is 10.00. The highest BCUT2D eigenvalue weighted by Crippen LogP contribution is 2.19. The van der Waals surface area contributed by atoms with Gasteiger partial charge in [0.1, 0.15) is 5.92 Å². The molecule has 0 radical (unpaired) electrons. The minimum Gasteiger partial charge on any atom is -0.481 e. The number of aliphatic carboxylic acids is 1. The van der Waals surface area contributed by atoms with E-state index in [-0.39, 0.29) is 0 Å². The molecule has 5 heteroatoms. The SMILES string of the molecule is O=C(O)C1CNCc2nccnc21. The van der Waals surface area contributed by atoms with Crippen LogP contribution in [-0.4, -0.2) is 27.6 Å². The normalized spacial score (nSPS) is 20.8. The Morgan fingerprint density at radius 1 is 1.54 bits per heavy atom. The topological polar surface area (TPSA) is 75.1 Å². The molecular weight excluding hydrogens is 170 g/mol. The van der Waals surface area contributed by atoms with Crippen LogP contribution in [0.5, 0.6) is 0 Å². The predicted molar refractivity (Wildman–Crippen MR) is 44.1 cm³/mol. The average molecular weight is 179 g/mol. The molecule has 2 heterocycles. The van der Waals surface area contributed by atoms with Crippen LogP contribution in [0.3, 0.4) is 0 Å². The van der Waals surface area contributed by atoms with Crippen molar-refractivity contribution in [2.75, 3.05) is 6.54 Å². The van der Waals surface area contributed by atoms with Crippen molar-refractivity contribution in [3.8, 4) is 0 Å². The van der Waals surface area contributed by atoms with E-state index in [9.17, 15) is 4.79 Å². The zero-order valence-corrected chi connectivity index (χ0v) is 6.90. The fraction of sp³-hybridized carbons (Fsp3) is 0.375. The highest BCUT2D eigenvalue weighted by Gasteiger charge is 2.27. The highest BCUT2D eigenvalue weighted by molar-refractivity contribution is 5.76. The second-order valence-electron chi connectivity index (χ2n) is 2.91. The first kappa shape index (κ1) is 8.12. The maximum atomic E-state index is 10.8. The molecular formula is C8H9N3O2. The summed E-state index contributed by atoms with van der Waals surface area (Å²) in [5, 5.41) is 11.9. The van der Waals surface area contributed by atoms with Crippen LogP contribution in [-0.2, 0) is 11.3 Å².